The molecule has 0 radical (unpaired) electrons. The molecule has 0 bridgehead atoms. The minimum absolute atomic E-state index is 0.0119. The molecular weight excluding hydrogens is 296 g/mol. The zero-order valence-corrected chi connectivity index (χ0v) is 10.7. The number of rotatable bonds is 4. The van der Waals surface area contributed by atoms with Gasteiger partial charge in [0.05, 0.1) is 11.2 Å². The van der Waals surface area contributed by atoms with Crippen molar-refractivity contribution in [2.75, 3.05) is 0 Å². The number of hydrogen-bond donors (Lipinski definition) is 0. The second kappa shape index (κ2) is 5.70. The van der Waals surface area contributed by atoms with E-state index in [1.54, 1.807) is 0 Å². The molecule has 2 nitrogen and oxygen atoms in total. The van der Waals surface area contributed by atoms with Crippen LogP contribution in [0.1, 0.15) is 5.56 Å². The van der Waals surface area contributed by atoms with Crippen LogP contribution in [0.4, 0.5) is 17.3 Å². The summed E-state index contributed by atoms with van der Waals surface area (Å²) in [5.74, 6) is -0.582. The van der Waals surface area contributed by atoms with Gasteiger partial charge < -0.3 is 17.7 Å². The average molecular weight is 304 g/mol. The van der Waals surface area contributed by atoms with Gasteiger partial charge in [0.1, 0.15) is 18.2 Å². The second-order valence-electron chi connectivity index (χ2n) is 4.07. The second-order valence-corrected chi connectivity index (χ2v) is 4.47. The fourth-order valence-electron chi connectivity index (χ4n) is 1.49. The van der Waals surface area contributed by atoms with E-state index >= 15 is 0 Å². The van der Waals surface area contributed by atoms with Crippen molar-refractivity contribution < 1.29 is 22.1 Å². The maximum Gasteiger partial charge on any atom is 0.511 e. The molecule has 0 saturated carbocycles. The first-order valence-electron chi connectivity index (χ1n) is 5.58. The first kappa shape index (κ1) is 14.6. The maximum absolute atomic E-state index is 12.9. The van der Waals surface area contributed by atoms with Gasteiger partial charge in [0.2, 0.25) is 0 Å². The SMILES string of the molecule is Fc1ccc(COc2cncc([B-](F)(F)F)c2)cc1Cl. The zero-order chi connectivity index (χ0) is 14.8. The van der Waals surface area contributed by atoms with E-state index in [1.807, 2.05) is 0 Å². The van der Waals surface area contributed by atoms with Crippen LogP contribution in [-0.2, 0) is 6.61 Å². The zero-order valence-electron chi connectivity index (χ0n) is 9.99. The van der Waals surface area contributed by atoms with Crippen molar-refractivity contribution >= 4 is 24.0 Å². The van der Waals surface area contributed by atoms with Crippen molar-refractivity contribution in [3.8, 4) is 5.75 Å². The van der Waals surface area contributed by atoms with E-state index in [0.29, 0.717) is 5.56 Å². The molecule has 1 aromatic heterocycles. The Bertz CT molecular complexity index is 621. The molecule has 1 aromatic carbocycles. The molecule has 0 saturated heterocycles. The van der Waals surface area contributed by atoms with Crippen molar-refractivity contribution in [2.24, 2.45) is 0 Å². The Hall–Kier alpha value is -1.76. The van der Waals surface area contributed by atoms with Crippen molar-refractivity contribution in [3.05, 3.63) is 53.1 Å². The van der Waals surface area contributed by atoms with Crippen LogP contribution in [0.3, 0.4) is 0 Å². The molecule has 0 aliphatic rings. The van der Waals surface area contributed by atoms with Gasteiger partial charge in [-0.2, -0.15) is 0 Å². The van der Waals surface area contributed by atoms with E-state index in [-0.39, 0.29) is 17.4 Å². The van der Waals surface area contributed by atoms with Crippen molar-refractivity contribution in [2.45, 2.75) is 6.61 Å². The van der Waals surface area contributed by atoms with Gasteiger partial charge in [-0.1, -0.05) is 23.1 Å². The van der Waals surface area contributed by atoms with Gasteiger partial charge in [-0.3, -0.25) is 4.98 Å². The highest BCUT2D eigenvalue weighted by molar-refractivity contribution is 6.73. The van der Waals surface area contributed by atoms with E-state index in [2.05, 4.69) is 4.98 Å². The van der Waals surface area contributed by atoms with Crippen molar-refractivity contribution in [1.82, 2.24) is 4.98 Å². The third-order valence-electron chi connectivity index (χ3n) is 2.50. The highest BCUT2D eigenvalue weighted by atomic mass is 35.5. The Balaban J connectivity index is 2.09. The average Bonchev–Trinajstić information content (AvgIpc) is 2.39. The molecule has 0 amide bonds. The fraction of sp³-hybridized carbons (Fsp3) is 0.0833. The number of pyridine rings is 1. The molecule has 0 fully saturated rings. The lowest BCUT2D eigenvalue weighted by molar-refractivity contribution is 0.305. The van der Waals surface area contributed by atoms with E-state index in [9.17, 15) is 17.3 Å². The third kappa shape index (κ3) is 3.63. The Morgan fingerprint density at radius 2 is 1.90 bits per heavy atom. The standard InChI is InChI=1S/C12H8BClF4NO/c14-11-3-8(1-2-12(11)15)7-20-10-4-9(5-19-6-10)13(16,17)18/h1-6H,7H2/q-1. The lowest BCUT2D eigenvalue weighted by Gasteiger charge is -2.15. The molecule has 0 N–H and O–H groups in total. The van der Waals surface area contributed by atoms with Crippen LogP contribution in [0.15, 0.2) is 36.7 Å². The lowest BCUT2D eigenvalue weighted by atomic mass is 9.81. The van der Waals surface area contributed by atoms with Crippen LogP contribution in [0.25, 0.3) is 0 Å². The normalized spacial score (nSPS) is 11.4. The predicted octanol–water partition coefficient (Wildman–Crippen LogP) is 3.51. The Kier molecular flexibility index (Phi) is 4.18. The van der Waals surface area contributed by atoms with E-state index in [1.165, 1.54) is 18.3 Å². The molecule has 2 rings (SSSR count). The number of halogens is 5. The number of benzene rings is 1. The predicted molar refractivity (Wildman–Crippen MR) is 68.7 cm³/mol. The van der Waals surface area contributed by atoms with Gasteiger partial charge >= 0.3 is 6.98 Å². The van der Waals surface area contributed by atoms with Gasteiger partial charge in [0.15, 0.2) is 0 Å². The van der Waals surface area contributed by atoms with E-state index < -0.39 is 18.3 Å². The van der Waals surface area contributed by atoms with Gasteiger partial charge in [-0.15, -0.1) is 0 Å². The van der Waals surface area contributed by atoms with E-state index in [0.717, 1.165) is 18.3 Å². The summed E-state index contributed by atoms with van der Waals surface area (Å²) >= 11 is 5.59. The molecule has 20 heavy (non-hydrogen) atoms. The number of aromatic nitrogens is 1. The summed E-state index contributed by atoms with van der Waals surface area (Å²) in [7, 11) is 0. The Labute approximate surface area is 117 Å². The summed E-state index contributed by atoms with van der Waals surface area (Å²) in [6, 6.07) is 4.82. The van der Waals surface area contributed by atoms with Crippen LogP contribution < -0.4 is 10.2 Å². The maximum atomic E-state index is 12.9. The summed E-state index contributed by atoms with van der Waals surface area (Å²) in [5, 5.41) is -0.0726. The summed E-state index contributed by atoms with van der Waals surface area (Å²) in [6.45, 7) is -5.15. The van der Waals surface area contributed by atoms with Gasteiger partial charge in [-0.05, 0) is 23.8 Å². The molecule has 0 atom stereocenters. The molecular formula is C12H8BClF4NO-. The van der Waals surface area contributed by atoms with Crippen LogP contribution in [0.2, 0.25) is 5.02 Å². The first-order valence-corrected chi connectivity index (χ1v) is 5.95. The molecule has 0 unspecified atom stereocenters. The quantitative estimate of drug-likeness (QED) is 0.637. The van der Waals surface area contributed by atoms with Crippen LogP contribution in [0, 0.1) is 5.82 Å². The topological polar surface area (TPSA) is 22.1 Å². The molecule has 106 valence electrons. The first-order chi connectivity index (χ1) is 9.36. The minimum Gasteiger partial charge on any atom is -0.487 e. The lowest BCUT2D eigenvalue weighted by Crippen LogP contribution is -2.34. The largest absolute Gasteiger partial charge is 0.511 e. The van der Waals surface area contributed by atoms with Crippen LogP contribution in [0.5, 0.6) is 5.75 Å². The third-order valence-corrected chi connectivity index (χ3v) is 2.79. The smallest absolute Gasteiger partial charge is 0.487 e. The van der Waals surface area contributed by atoms with Crippen LogP contribution >= 0.6 is 11.6 Å². The highest BCUT2D eigenvalue weighted by Crippen LogP contribution is 2.18. The molecule has 8 heteroatoms. The molecule has 0 aliphatic carbocycles. The van der Waals surface area contributed by atoms with Crippen molar-refractivity contribution in [3.63, 3.8) is 0 Å². The molecule has 0 spiro atoms. The summed E-state index contributed by atoms with van der Waals surface area (Å²) in [5.41, 5.74) is -0.293. The number of ether oxygens (including phenoxy) is 1. The van der Waals surface area contributed by atoms with Crippen LogP contribution in [-0.4, -0.2) is 12.0 Å². The Morgan fingerprint density at radius 3 is 2.55 bits per heavy atom. The van der Waals surface area contributed by atoms with Gasteiger partial charge in [0, 0.05) is 6.20 Å². The summed E-state index contributed by atoms with van der Waals surface area (Å²) < 4.78 is 55.7. The summed E-state index contributed by atoms with van der Waals surface area (Å²) in [4.78, 5) is 3.48. The number of nitrogens with zero attached hydrogens (tertiary/aromatic N) is 1. The molecule has 0 aliphatic heterocycles. The number of hydrogen-bond acceptors (Lipinski definition) is 2. The Morgan fingerprint density at radius 1 is 1.15 bits per heavy atom. The van der Waals surface area contributed by atoms with E-state index in [4.69, 9.17) is 16.3 Å². The molecule has 2 aromatic rings. The fourth-order valence-corrected chi connectivity index (χ4v) is 1.69. The van der Waals surface area contributed by atoms with Gasteiger partial charge in [0.25, 0.3) is 0 Å². The molecule has 1 heterocycles. The van der Waals surface area contributed by atoms with Crippen molar-refractivity contribution in [1.29, 1.82) is 0 Å². The van der Waals surface area contributed by atoms with Gasteiger partial charge in [-0.25, -0.2) is 4.39 Å². The summed E-state index contributed by atoms with van der Waals surface area (Å²) in [6.07, 6.45) is 1.91. The minimum atomic E-state index is -5.12. The monoisotopic (exact) mass is 304 g/mol. The highest BCUT2D eigenvalue weighted by Gasteiger charge is 2.26.